The standard InChI is InChI=1S/C9H10BrFN2O3/c10-5-2-12-9(15)13(3-5)8-7(11)1-6(4-14)16-8/h2-3,6-8,14H,1,4H2/t6-,7-,8+/m0/s1. The van der Waals surface area contributed by atoms with Gasteiger partial charge in [0.2, 0.25) is 0 Å². The van der Waals surface area contributed by atoms with Gasteiger partial charge in [0.15, 0.2) is 6.23 Å². The van der Waals surface area contributed by atoms with Crippen LogP contribution in [0.4, 0.5) is 4.39 Å². The lowest BCUT2D eigenvalue weighted by atomic mass is 10.2. The molecule has 1 saturated heterocycles. The fourth-order valence-corrected chi connectivity index (χ4v) is 1.97. The quantitative estimate of drug-likeness (QED) is 0.868. The van der Waals surface area contributed by atoms with Crippen LogP contribution in [0.25, 0.3) is 0 Å². The average molecular weight is 293 g/mol. The number of hydrogen-bond acceptors (Lipinski definition) is 4. The summed E-state index contributed by atoms with van der Waals surface area (Å²) in [5.74, 6) is 0. The van der Waals surface area contributed by atoms with E-state index in [9.17, 15) is 9.18 Å². The molecule has 0 spiro atoms. The first-order chi connectivity index (χ1) is 7.61. The van der Waals surface area contributed by atoms with Gasteiger partial charge >= 0.3 is 5.69 Å². The Morgan fingerprint density at radius 1 is 1.75 bits per heavy atom. The average Bonchev–Trinajstić information content (AvgIpc) is 2.63. The molecule has 0 aliphatic carbocycles. The van der Waals surface area contributed by atoms with Gasteiger partial charge in [-0.25, -0.2) is 14.2 Å². The van der Waals surface area contributed by atoms with Crippen LogP contribution >= 0.6 is 15.9 Å². The smallest absolute Gasteiger partial charge is 0.349 e. The second-order valence-corrected chi connectivity index (χ2v) is 4.46. The van der Waals surface area contributed by atoms with Crippen molar-refractivity contribution in [2.45, 2.75) is 24.9 Å². The van der Waals surface area contributed by atoms with Crippen molar-refractivity contribution in [3.63, 3.8) is 0 Å². The highest BCUT2D eigenvalue weighted by Gasteiger charge is 2.36. The molecule has 1 fully saturated rings. The number of aromatic nitrogens is 2. The van der Waals surface area contributed by atoms with Crippen molar-refractivity contribution < 1.29 is 14.2 Å². The van der Waals surface area contributed by atoms with Gasteiger partial charge in [0.25, 0.3) is 0 Å². The van der Waals surface area contributed by atoms with Crippen molar-refractivity contribution in [2.24, 2.45) is 0 Å². The first kappa shape index (κ1) is 11.7. The molecule has 2 rings (SSSR count). The highest BCUT2D eigenvalue weighted by molar-refractivity contribution is 9.10. The van der Waals surface area contributed by atoms with E-state index in [0.717, 1.165) is 4.57 Å². The molecule has 5 nitrogen and oxygen atoms in total. The van der Waals surface area contributed by atoms with Gasteiger partial charge in [-0.15, -0.1) is 0 Å². The SMILES string of the molecule is O=c1ncc(Br)cn1[C@@H]1O[C@H](CO)C[C@@H]1F. The molecule has 2 heterocycles. The molecular formula is C9H10BrFN2O3. The molecular weight excluding hydrogens is 283 g/mol. The van der Waals surface area contributed by atoms with Crippen LogP contribution in [0.3, 0.4) is 0 Å². The highest BCUT2D eigenvalue weighted by Crippen LogP contribution is 2.30. The molecule has 7 heteroatoms. The van der Waals surface area contributed by atoms with Crippen molar-refractivity contribution in [1.82, 2.24) is 9.55 Å². The number of alkyl halides is 1. The third kappa shape index (κ3) is 2.16. The molecule has 0 saturated carbocycles. The molecule has 1 N–H and O–H groups in total. The Bertz CT molecular complexity index is 439. The van der Waals surface area contributed by atoms with E-state index in [1.807, 2.05) is 0 Å². The maximum absolute atomic E-state index is 13.6. The second-order valence-electron chi connectivity index (χ2n) is 3.54. The normalized spacial score (nSPS) is 29.6. The number of ether oxygens (including phenoxy) is 1. The number of rotatable bonds is 2. The largest absolute Gasteiger partial charge is 0.394 e. The Kier molecular flexibility index (Phi) is 3.36. The molecule has 0 amide bonds. The predicted octanol–water partition coefficient (Wildman–Crippen LogP) is 0.624. The van der Waals surface area contributed by atoms with Crippen molar-refractivity contribution in [3.05, 3.63) is 27.4 Å². The van der Waals surface area contributed by atoms with Gasteiger partial charge in [0.1, 0.15) is 6.17 Å². The molecule has 3 atom stereocenters. The van der Waals surface area contributed by atoms with Crippen LogP contribution < -0.4 is 5.69 Å². The van der Waals surface area contributed by atoms with Gasteiger partial charge in [0, 0.05) is 18.8 Å². The maximum atomic E-state index is 13.6. The van der Waals surface area contributed by atoms with Crippen molar-refractivity contribution in [2.75, 3.05) is 6.61 Å². The van der Waals surface area contributed by atoms with Gasteiger partial charge in [-0.1, -0.05) is 0 Å². The molecule has 1 aliphatic heterocycles. The van der Waals surface area contributed by atoms with E-state index < -0.39 is 24.2 Å². The van der Waals surface area contributed by atoms with Crippen LogP contribution in [0.1, 0.15) is 12.6 Å². The number of hydrogen-bond donors (Lipinski definition) is 1. The number of nitrogens with zero attached hydrogens (tertiary/aromatic N) is 2. The first-order valence-corrected chi connectivity index (χ1v) is 5.55. The number of aliphatic hydroxyl groups is 1. The van der Waals surface area contributed by atoms with Crippen LogP contribution in [0.15, 0.2) is 21.7 Å². The van der Waals surface area contributed by atoms with Crippen molar-refractivity contribution >= 4 is 15.9 Å². The van der Waals surface area contributed by atoms with E-state index in [1.54, 1.807) is 0 Å². The fourth-order valence-electron chi connectivity index (χ4n) is 1.65. The van der Waals surface area contributed by atoms with Crippen LogP contribution in [0.5, 0.6) is 0 Å². The Morgan fingerprint density at radius 2 is 2.50 bits per heavy atom. The third-order valence-corrected chi connectivity index (χ3v) is 2.80. The summed E-state index contributed by atoms with van der Waals surface area (Å²) in [7, 11) is 0. The van der Waals surface area contributed by atoms with E-state index in [1.165, 1.54) is 12.4 Å². The summed E-state index contributed by atoms with van der Waals surface area (Å²) in [6.45, 7) is -0.257. The zero-order valence-corrected chi connectivity index (χ0v) is 9.80. The monoisotopic (exact) mass is 292 g/mol. The first-order valence-electron chi connectivity index (χ1n) is 4.76. The highest BCUT2D eigenvalue weighted by atomic mass is 79.9. The Balaban J connectivity index is 2.31. The zero-order valence-electron chi connectivity index (χ0n) is 8.22. The van der Waals surface area contributed by atoms with Crippen molar-refractivity contribution in [3.8, 4) is 0 Å². The Hall–Kier alpha value is -0.790. The minimum atomic E-state index is -1.31. The lowest BCUT2D eigenvalue weighted by Gasteiger charge is -2.15. The molecule has 0 bridgehead atoms. The summed E-state index contributed by atoms with van der Waals surface area (Å²) in [6, 6.07) is 0. The topological polar surface area (TPSA) is 64.4 Å². The third-order valence-electron chi connectivity index (χ3n) is 2.39. The summed E-state index contributed by atoms with van der Waals surface area (Å²) in [4.78, 5) is 15.0. The molecule has 88 valence electrons. The van der Waals surface area contributed by atoms with Crippen LogP contribution in [0.2, 0.25) is 0 Å². The summed E-state index contributed by atoms with van der Waals surface area (Å²) in [5.41, 5.74) is -0.575. The van der Waals surface area contributed by atoms with Crippen molar-refractivity contribution in [1.29, 1.82) is 0 Å². The zero-order chi connectivity index (χ0) is 11.7. The molecule has 0 aromatic carbocycles. The van der Waals surface area contributed by atoms with E-state index >= 15 is 0 Å². The van der Waals surface area contributed by atoms with Crippen LogP contribution in [-0.4, -0.2) is 33.5 Å². The molecule has 16 heavy (non-hydrogen) atoms. The summed E-state index contributed by atoms with van der Waals surface area (Å²) < 4.78 is 20.5. The fraction of sp³-hybridized carbons (Fsp3) is 0.556. The van der Waals surface area contributed by atoms with E-state index in [2.05, 4.69) is 20.9 Å². The lowest BCUT2D eigenvalue weighted by molar-refractivity contribution is -0.0394. The predicted molar refractivity (Wildman–Crippen MR) is 56.7 cm³/mol. The molecule has 0 unspecified atom stereocenters. The molecule has 0 radical (unpaired) electrons. The minimum Gasteiger partial charge on any atom is -0.394 e. The van der Waals surface area contributed by atoms with Gasteiger partial charge in [0.05, 0.1) is 17.2 Å². The van der Waals surface area contributed by atoms with Crippen LogP contribution in [0, 0.1) is 0 Å². The van der Waals surface area contributed by atoms with E-state index in [-0.39, 0.29) is 13.0 Å². The van der Waals surface area contributed by atoms with Gasteiger partial charge in [-0.3, -0.25) is 4.57 Å². The molecule has 1 aromatic heterocycles. The Labute approximate surface area is 99.0 Å². The lowest BCUT2D eigenvalue weighted by Crippen LogP contribution is -2.30. The maximum Gasteiger partial charge on any atom is 0.349 e. The van der Waals surface area contributed by atoms with E-state index in [4.69, 9.17) is 9.84 Å². The number of aliphatic hydroxyl groups excluding tert-OH is 1. The van der Waals surface area contributed by atoms with Gasteiger partial charge in [-0.2, -0.15) is 0 Å². The summed E-state index contributed by atoms with van der Waals surface area (Å²) >= 11 is 3.15. The molecule has 1 aromatic rings. The van der Waals surface area contributed by atoms with E-state index in [0.29, 0.717) is 4.47 Å². The molecule has 1 aliphatic rings. The summed E-state index contributed by atoms with van der Waals surface area (Å²) in [5, 5.41) is 8.87. The minimum absolute atomic E-state index is 0.0835. The second kappa shape index (κ2) is 4.60. The van der Waals surface area contributed by atoms with Gasteiger partial charge < -0.3 is 9.84 Å². The number of halogens is 2. The Morgan fingerprint density at radius 3 is 3.12 bits per heavy atom. The summed E-state index contributed by atoms with van der Waals surface area (Å²) in [6.07, 6.45) is -0.0386. The van der Waals surface area contributed by atoms with Gasteiger partial charge in [-0.05, 0) is 15.9 Å². The van der Waals surface area contributed by atoms with Crippen LogP contribution in [-0.2, 0) is 4.74 Å².